The highest BCUT2D eigenvalue weighted by Crippen LogP contribution is 2.42. The summed E-state index contributed by atoms with van der Waals surface area (Å²) in [5.74, 6) is 0. The van der Waals surface area contributed by atoms with Crippen molar-refractivity contribution >= 4 is 21.9 Å². The molecule has 6 rings (SSSR count). The Labute approximate surface area is 195 Å². The van der Waals surface area contributed by atoms with E-state index in [1.54, 1.807) is 0 Å². The predicted octanol–water partition coefficient (Wildman–Crippen LogP) is 7.49. The lowest BCUT2D eigenvalue weighted by molar-refractivity contribution is -0.660. The molecule has 3 aromatic carbocycles. The quantitative estimate of drug-likeness (QED) is 0.264. The molecule has 164 valence electrons. The summed E-state index contributed by atoms with van der Waals surface area (Å²) in [6, 6.07) is 22.3. The summed E-state index contributed by atoms with van der Waals surface area (Å²) in [6.45, 7) is 9.02. The number of furan rings is 1. The van der Waals surface area contributed by atoms with E-state index in [4.69, 9.17) is 4.42 Å². The molecule has 1 aliphatic carbocycles. The standard InChI is InChI=1S/C31H30NO/c1-19-9-14-27(32(5)18-19)28-20(2)10-13-26-25-8-6-7-24(29(25)33-30(26)28)21-11-12-22-16-31(3,4)17-23(22)15-21/h6-15,18H,16-17H2,1-5H3/q+1. The number of rotatable bonds is 2. The van der Waals surface area contributed by atoms with Gasteiger partial charge in [-0.25, -0.2) is 4.57 Å². The first-order valence-corrected chi connectivity index (χ1v) is 11.8. The van der Waals surface area contributed by atoms with Gasteiger partial charge in [0.1, 0.15) is 18.2 Å². The molecule has 0 amide bonds. The normalized spacial score (nSPS) is 14.8. The van der Waals surface area contributed by atoms with E-state index in [9.17, 15) is 0 Å². The molecule has 0 spiro atoms. The average molecular weight is 433 g/mol. The molecule has 2 heteroatoms. The minimum Gasteiger partial charge on any atom is -0.454 e. The molecule has 0 saturated carbocycles. The van der Waals surface area contributed by atoms with E-state index in [1.165, 1.54) is 55.4 Å². The molecule has 2 heterocycles. The van der Waals surface area contributed by atoms with Crippen LogP contribution in [0.25, 0.3) is 44.3 Å². The largest absolute Gasteiger partial charge is 0.454 e. The maximum Gasteiger partial charge on any atom is 0.216 e. The molecule has 0 bridgehead atoms. The number of nitrogens with zero attached hydrogens (tertiary/aromatic N) is 1. The van der Waals surface area contributed by atoms with Gasteiger partial charge in [-0.05, 0) is 60.4 Å². The van der Waals surface area contributed by atoms with Crippen LogP contribution in [-0.2, 0) is 19.9 Å². The highest BCUT2D eigenvalue weighted by atomic mass is 16.3. The molecular weight excluding hydrogens is 402 g/mol. The predicted molar refractivity (Wildman–Crippen MR) is 136 cm³/mol. The van der Waals surface area contributed by atoms with Crippen LogP contribution in [0.15, 0.2) is 71.3 Å². The van der Waals surface area contributed by atoms with Gasteiger partial charge in [0.2, 0.25) is 5.69 Å². The van der Waals surface area contributed by atoms with E-state index >= 15 is 0 Å². The summed E-state index contributed by atoms with van der Waals surface area (Å²) in [7, 11) is 2.11. The molecular formula is C31H30NO+. The van der Waals surface area contributed by atoms with E-state index in [1.807, 2.05) is 0 Å². The van der Waals surface area contributed by atoms with Gasteiger partial charge in [0.15, 0.2) is 6.20 Å². The molecule has 2 nitrogen and oxygen atoms in total. The Kier molecular flexibility index (Phi) is 4.32. The summed E-state index contributed by atoms with van der Waals surface area (Å²) >= 11 is 0. The molecule has 0 saturated heterocycles. The summed E-state index contributed by atoms with van der Waals surface area (Å²) < 4.78 is 8.94. The van der Waals surface area contributed by atoms with Crippen LogP contribution in [0.5, 0.6) is 0 Å². The van der Waals surface area contributed by atoms with Crippen molar-refractivity contribution in [3.8, 4) is 22.4 Å². The maximum atomic E-state index is 6.74. The van der Waals surface area contributed by atoms with Crippen molar-refractivity contribution in [3.63, 3.8) is 0 Å². The monoisotopic (exact) mass is 432 g/mol. The molecule has 0 N–H and O–H groups in total. The van der Waals surface area contributed by atoms with Crippen LogP contribution in [0.2, 0.25) is 0 Å². The van der Waals surface area contributed by atoms with Gasteiger partial charge in [0, 0.05) is 28.0 Å². The molecule has 0 aliphatic heterocycles. The van der Waals surface area contributed by atoms with Gasteiger partial charge in [0.05, 0.1) is 5.56 Å². The Balaban J connectivity index is 1.60. The zero-order chi connectivity index (χ0) is 22.9. The van der Waals surface area contributed by atoms with Gasteiger partial charge < -0.3 is 4.42 Å². The molecule has 5 aromatic rings. The molecule has 2 aromatic heterocycles. The minimum atomic E-state index is 0.350. The lowest BCUT2D eigenvalue weighted by atomic mass is 9.90. The first-order valence-electron chi connectivity index (χ1n) is 11.8. The lowest BCUT2D eigenvalue weighted by Gasteiger charge is -2.14. The Morgan fingerprint density at radius 1 is 0.818 bits per heavy atom. The minimum absolute atomic E-state index is 0.350. The fourth-order valence-corrected chi connectivity index (χ4v) is 5.74. The molecule has 33 heavy (non-hydrogen) atoms. The van der Waals surface area contributed by atoms with Crippen molar-refractivity contribution < 1.29 is 8.98 Å². The Hall–Kier alpha value is -3.39. The van der Waals surface area contributed by atoms with E-state index in [-0.39, 0.29) is 0 Å². The van der Waals surface area contributed by atoms with Crippen LogP contribution in [0, 0.1) is 19.3 Å². The molecule has 0 radical (unpaired) electrons. The maximum absolute atomic E-state index is 6.74. The number of aromatic nitrogens is 1. The zero-order valence-electron chi connectivity index (χ0n) is 20.1. The second-order valence-electron chi connectivity index (χ2n) is 10.6. The molecule has 1 aliphatic rings. The molecule has 0 atom stereocenters. The fourth-order valence-electron chi connectivity index (χ4n) is 5.74. The van der Waals surface area contributed by atoms with Crippen molar-refractivity contribution in [3.05, 3.63) is 89.1 Å². The van der Waals surface area contributed by atoms with Gasteiger partial charge in [0.25, 0.3) is 0 Å². The Morgan fingerprint density at radius 3 is 2.42 bits per heavy atom. The van der Waals surface area contributed by atoms with E-state index in [0.717, 1.165) is 24.0 Å². The SMILES string of the molecule is Cc1ccc(-c2c(C)ccc3c2oc2c(-c4ccc5c(c4)CC(C)(C)C5)cccc23)[n+](C)c1. The van der Waals surface area contributed by atoms with Crippen LogP contribution < -0.4 is 4.57 Å². The van der Waals surface area contributed by atoms with Crippen LogP contribution in [0.4, 0.5) is 0 Å². The number of pyridine rings is 1. The second kappa shape index (κ2) is 7.05. The van der Waals surface area contributed by atoms with Crippen LogP contribution in [0.3, 0.4) is 0 Å². The number of aryl methyl sites for hydroxylation is 3. The van der Waals surface area contributed by atoms with Crippen LogP contribution in [-0.4, -0.2) is 0 Å². The smallest absolute Gasteiger partial charge is 0.216 e. The summed E-state index contributed by atoms with van der Waals surface area (Å²) in [4.78, 5) is 0. The third kappa shape index (κ3) is 3.20. The first kappa shape index (κ1) is 20.2. The van der Waals surface area contributed by atoms with Gasteiger partial charge in [-0.15, -0.1) is 0 Å². The number of hydrogen-bond acceptors (Lipinski definition) is 1. The lowest BCUT2D eigenvalue weighted by Crippen LogP contribution is -2.31. The number of hydrogen-bond donors (Lipinski definition) is 0. The summed E-state index contributed by atoms with van der Waals surface area (Å²) in [5.41, 5.74) is 12.5. The summed E-state index contributed by atoms with van der Waals surface area (Å²) in [5, 5.41) is 2.36. The number of fused-ring (bicyclic) bond motifs is 4. The first-order chi connectivity index (χ1) is 15.8. The average Bonchev–Trinajstić information content (AvgIpc) is 3.29. The third-order valence-corrected chi connectivity index (χ3v) is 7.27. The Morgan fingerprint density at radius 2 is 1.61 bits per heavy atom. The van der Waals surface area contributed by atoms with Gasteiger partial charge in [-0.3, -0.25) is 0 Å². The van der Waals surface area contributed by atoms with Crippen molar-refractivity contribution in [2.75, 3.05) is 0 Å². The molecule has 0 unspecified atom stereocenters. The van der Waals surface area contributed by atoms with Crippen LogP contribution in [0.1, 0.15) is 36.1 Å². The summed E-state index contributed by atoms with van der Waals surface area (Å²) in [6.07, 6.45) is 4.47. The van der Waals surface area contributed by atoms with E-state index < -0.39 is 0 Å². The molecule has 0 fully saturated rings. The van der Waals surface area contributed by atoms with Gasteiger partial charge >= 0.3 is 0 Å². The van der Waals surface area contributed by atoms with E-state index in [0.29, 0.717) is 5.41 Å². The van der Waals surface area contributed by atoms with Crippen molar-refractivity contribution in [2.45, 2.75) is 40.5 Å². The van der Waals surface area contributed by atoms with Crippen LogP contribution >= 0.6 is 0 Å². The highest BCUT2D eigenvalue weighted by Gasteiger charge is 2.28. The highest BCUT2D eigenvalue weighted by molar-refractivity contribution is 6.13. The zero-order valence-corrected chi connectivity index (χ0v) is 20.1. The van der Waals surface area contributed by atoms with Gasteiger partial charge in [-0.2, -0.15) is 0 Å². The fraction of sp³-hybridized carbons (Fsp3) is 0.258. The third-order valence-electron chi connectivity index (χ3n) is 7.27. The Bertz CT molecular complexity index is 1570. The van der Waals surface area contributed by atoms with Gasteiger partial charge in [-0.1, -0.05) is 62.4 Å². The second-order valence-corrected chi connectivity index (χ2v) is 10.6. The van der Waals surface area contributed by atoms with Crippen molar-refractivity contribution in [1.29, 1.82) is 0 Å². The topological polar surface area (TPSA) is 17.0 Å². The number of benzene rings is 3. The number of para-hydroxylation sites is 1. The van der Waals surface area contributed by atoms with Crippen molar-refractivity contribution in [2.24, 2.45) is 12.5 Å². The van der Waals surface area contributed by atoms with Crippen molar-refractivity contribution in [1.82, 2.24) is 0 Å². The van der Waals surface area contributed by atoms with E-state index in [2.05, 4.69) is 106 Å².